The third-order valence-electron chi connectivity index (χ3n) is 8.40. The van der Waals surface area contributed by atoms with Gasteiger partial charge in [0.1, 0.15) is 0 Å². The maximum atomic E-state index is 14.4. The molecule has 2 aliphatic heterocycles. The van der Waals surface area contributed by atoms with Gasteiger partial charge in [0.15, 0.2) is 5.82 Å². The highest BCUT2D eigenvalue weighted by Gasteiger charge is 2.34. The number of benzene rings is 1. The van der Waals surface area contributed by atoms with E-state index >= 15 is 0 Å². The van der Waals surface area contributed by atoms with E-state index in [1.807, 2.05) is 11.0 Å². The minimum atomic E-state index is -2.63. The molecule has 1 amide bonds. The van der Waals surface area contributed by atoms with Crippen molar-refractivity contribution < 1.29 is 18.7 Å². The zero-order valence-corrected chi connectivity index (χ0v) is 21.9. The number of aliphatic hydroxyl groups excluding tert-OH is 1. The number of anilines is 2. The van der Waals surface area contributed by atoms with Gasteiger partial charge in [-0.1, -0.05) is 0 Å². The molecule has 1 fully saturated rings. The fourth-order valence-electron chi connectivity index (χ4n) is 6.38. The van der Waals surface area contributed by atoms with Crippen molar-refractivity contribution in [2.45, 2.75) is 77.0 Å². The fourth-order valence-corrected chi connectivity index (χ4v) is 6.38. The lowest BCUT2D eigenvalue weighted by Crippen LogP contribution is -2.36. The Kier molecular flexibility index (Phi) is 6.45. The second-order valence-electron chi connectivity index (χ2n) is 10.9. The normalized spacial score (nSPS) is 21.5. The number of aliphatic hydroxyl groups is 1. The van der Waals surface area contributed by atoms with Gasteiger partial charge in [-0.05, 0) is 61.8 Å². The topological polar surface area (TPSA) is 79.4 Å². The van der Waals surface area contributed by atoms with Crippen LogP contribution in [-0.4, -0.2) is 54.7 Å². The Labute approximate surface area is 220 Å². The number of hydrogen-bond donors (Lipinski definition) is 1. The number of alkyl halides is 2. The highest BCUT2D eigenvalue weighted by atomic mass is 19.3. The molecule has 8 nitrogen and oxygen atoms in total. The highest BCUT2D eigenvalue weighted by Crippen LogP contribution is 2.44. The first kappa shape index (κ1) is 25.0. The first-order valence-corrected chi connectivity index (χ1v) is 13.6. The number of halogens is 2. The average molecular weight is 525 g/mol. The molecular formula is C28H34F2N6O2. The summed E-state index contributed by atoms with van der Waals surface area (Å²) < 4.78 is 32.5. The SMILES string of the molecule is CC(=O)N1CCc2c(c(N3CCCc4cc(-c5cnn(C)c5)c(C(F)F)cc43)nn2[C@H]2CC[C@H](O)CC2)C1. The van der Waals surface area contributed by atoms with Gasteiger partial charge in [0.05, 0.1) is 24.9 Å². The number of nitrogens with zero attached hydrogens (tertiary/aromatic N) is 6. The average Bonchev–Trinajstić information content (AvgIpc) is 3.51. The summed E-state index contributed by atoms with van der Waals surface area (Å²) in [6.07, 6.45) is 6.08. The maximum absolute atomic E-state index is 14.4. The van der Waals surface area contributed by atoms with Crippen molar-refractivity contribution in [3.8, 4) is 11.1 Å². The molecule has 0 radical (unpaired) electrons. The summed E-state index contributed by atoms with van der Waals surface area (Å²) in [7, 11) is 1.78. The fraction of sp³-hybridized carbons (Fsp3) is 0.536. The Morgan fingerprint density at radius 2 is 1.92 bits per heavy atom. The van der Waals surface area contributed by atoms with E-state index in [9.17, 15) is 18.7 Å². The predicted octanol–water partition coefficient (Wildman–Crippen LogP) is 4.69. The summed E-state index contributed by atoms with van der Waals surface area (Å²) in [4.78, 5) is 16.2. The minimum absolute atomic E-state index is 0.0106. The monoisotopic (exact) mass is 524 g/mol. The van der Waals surface area contributed by atoms with E-state index in [1.165, 1.54) is 0 Å². The third kappa shape index (κ3) is 4.38. The van der Waals surface area contributed by atoms with Crippen molar-refractivity contribution in [3.05, 3.63) is 46.9 Å². The molecule has 1 saturated carbocycles. The van der Waals surface area contributed by atoms with Crippen molar-refractivity contribution in [2.75, 3.05) is 18.0 Å². The highest BCUT2D eigenvalue weighted by molar-refractivity contribution is 5.78. The van der Waals surface area contributed by atoms with E-state index in [1.54, 1.807) is 37.1 Å². The molecule has 3 aliphatic rings. The number of rotatable bonds is 4. The van der Waals surface area contributed by atoms with Gasteiger partial charge in [0.25, 0.3) is 6.43 Å². The van der Waals surface area contributed by atoms with E-state index in [4.69, 9.17) is 5.10 Å². The molecule has 1 N–H and O–H groups in total. The molecule has 1 aliphatic carbocycles. The zero-order valence-electron chi connectivity index (χ0n) is 21.9. The molecule has 0 bridgehead atoms. The van der Waals surface area contributed by atoms with Crippen LogP contribution in [0.2, 0.25) is 0 Å². The first-order valence-electron chi connectivity index (χ1n) is 13.6. The van der Waals surface area contributed by atoms with Gasteiger partial charge in [-0.2, -0.15) is 10.2 Å². The Balaban J connectivity index is 1.46. The van der Waals surface area contributed by atoms with Gasteiger partial charge < -0.3 is 14.9 Å². The molecule has 0 unspecified atom stereocenters. The first-order chi connectivity index (χ1) is 18.3. The van der Waals surface area contributed by atoms with Crippen LogP contribution in [-0.2, 0) is 31.2 Å². The smallest absolute Gasteiger partial charge is 0.264 e. The number of fused-ring (bicyclic) bond motifs is 2. The molecule has 4 heterocycles. The van der Waals surface area contributed by atoms with Crippen LogP contribution in [0.25, 0.3) is 11.1 Å². The van der Waals surface area contributed by atoms with Crippen LogP contribution in [0.15, 0.2) is 24.5 Å². The van der Waals surface area contributed by atoms with E-state index in [0.29, 0.717) is 37.2 Å². The Morgan fingerprint density at radius 3 is 2.61 bits per heavy atom. The van der Waals surface area contributed by atoms with Gasteiger partial charge in [-0.25, -0.2) is 8.78 Å². The van der Waals surface area contributed by atoms with Crippen LogP contribution in [0.3, 0.4) is 0 Å². The minimum Gasteiger partial charge on any atom is -0.393 e. The summed E-state index contributed by atoms with van der Waals surface area (Å²) in [5.41, 5.74) is 5.12. The van der Waals surface area contributed by atoms with E-state index in [2.05, 4.69) is 14.7 Å². The second kappa shape index (κ2) is 9.80. The van der Waals surface area contributed by atoms with Gasteiger partial charge in [0.2, 0.25) is 5.91 Å². The number of carbonyl (C=O) groups excluding carboxylic acids is 1. The summed E-state index contributed by atoms with van der Waals surface area (Å²) in [6, 6.07) is 3.72. The summed E-state index contributed by atoms with van der Waals surface area (Å²) >= 11 is 0. The van der Waals surface area contributed by atoms with Crippen LogP contribution >= 0.6 is 0 Å². The molecule has 10 heteroatoms. The number of aromatic nitrogens is 4. The number of carbonyl (C=O) groups is 1. The lowest BCUT2D eigenvalue weighted by Gasteiger charge is -2.33. The zero-order chi connectivity index (χ0) is 26.6. The Hall–Kier alpha value is -3.27. The standard InChI is InChI=1S/C28H34F2N6O2/c1-17(37)34-11-9-25-24(16-34)28(32-36(25)20-5-7-21(38)8-6-20)35-10-3-4-18-12-22(19-14-31-33(2)15-19)23(27(29)30)13-26(18)35/h12-15,20-21,27,38H,3-11,16H2,1-2H3/t20-,21-. The van der Waals surface area contributed by atoms with Gasteiger partial charge in [-0.3, -0.25) is 14.2 Å². The van der Waals surface area contributed by atoms with Gasteiger partial charge >= 0.3 is 0 Å². The molecule has 0 spiro atoms. The third-order valence-corrected chi connectivity index (χ3v) is 8.40. The van der Waals surface area contributed by atoms with Crippen molar-refractivity contribution in [1.82, 2.24) is 24.5 Å². The lowest BCUT2D eigenvalue weighted by molar-refractivity contribution is -0.129. The lowest BCUT2D eigenvalue weighted by atomic mass is 9.92. The van der Waals surface area contributed by atoms with Crippen LogP contribution in [0.4, 0.5) is 20.3 Å². The molecular weight excluding hydrogens is 490 g/mol. The number of aryl methyl sites for hydroxylation is 2. The van der Waals surface area contributed by atoms with Crippen LogP contribution in [0, 0.1) is 0 Å². The van der Waals surface area contributed by atoms with E-state index in [0.717, 1.165) is 66.9 Å². The maximum Gasteiger partial charge on any atom is 0.264 e. The second-order valence-corrected chi connectivity index (χ2v) is 10.9. The van der Waals surface area contributed by atoms with E-state index < -0.39 is 6.43 Å². The molecule has 0 saturated heterocycles. The van der Waals surface area contributed by atoms with Gasteiger partial charge in [0, 0.05) is 67.8 Å². The summed E-state index contributed by atoms with van der Waals surface area (Å²) in [6.45, 7) is 3.37. The Morgan fingerprint density at radius 1 is 1.13 bits per heavy atom. The quantitative estimate of drug-likeness (QED) is 0.536. The largest absolute Gasteiger partial charge is 0.393 e. The van der Waals surface area contributed by atoms with Crippen molar-refractivity contribution >= 4 is 17.4 Å². The molecule has 6 rings (SSSR count). The molecule has 2 aromatic heterocycles. The number of amides is 1. The molecule has 202 valence electrons. The van der Waals surface area contributed by atoms with Crippen LogP contribution in [0.1, 0.15) is 73.9 Å². The van der Waals surface area contributed by atoms with Crippen molar-refractivity contribution in [1.29, 1.82) is 0 Å². The molecule has 0 atom stereocenters. The molecule has 38 heavy (non-hydrogen) atoms. The molecule has 1 aromatic carbocycles. The predicted molar refractivity (Wildman–Crippen MR) is 139 cm³/mol. The van der Waals surface area contributed by atoms with Crippen molar-refractivity contribution in [2.24, 2.45) is 7.05 Å². The summed E-state index contributed by atoms with van der Waals surface area (Å²) in [5, 5.41) is 19.4. The van der Waals surface area contributed by atoms with E-state index in [-0.39, 0.29) is 23.6 Å². The Bertz CT molecular complexity index is 1360. The van der Waals surface area contributed by atoms with Crippen LogP contribution < -0.4 is 4.90 Å². The molecule has 3 aromatic rings. The number of hydrogen-bond acceptors (Lipinski definition) is 5. The van der Waals surface area contributed by atoms with Crippen LogP contribution in [0.5, 0.6) is 0 Å². The van der Waals surface area contributed by atoms with Crippen molar-refractivity contribution in [3.63, 3.8) is 0 Å². The summed E-state index contributed by atoms with van der Waals surface area (Å²) in [5.74, 6) is 0.794. The van der Waals surface area contributed by atoms with Gasteiger partial charge in [-0.15, -0.1) is 0 Å².